The van der Waals surface area contributed by atoms with Gasteiger partial charge in [-0.25, -0.2) is 0 Å². The molecule has 0 bridgehead atoms. The number of benzene rings is 2. The molecule has 0 unspecified atom stereocenters. The van der Waals surface area contributed by atoms with E-state index < -0.39 is 0 Å². The predicted molar refractivity (Wildman–Crippen MR) is 126 cm³/mol. The summed E-state index contributed by atoms with van der Waals surface area (Å²) in [4.78, 5) is 20.6. The Hall–Kier alpha value is -2.86. The fourth-order valence-corrected chi connectivity index (χ4v) is 4.27. The van der Waals surface area contributed by atoms with E-state index in [0.29, 0.717) is 13.0 Å². The Morgan fingerprint density at radius 2 is 1.42 bits per heavy atom. The minimum atomic E-state index is 0.222. The molecule has 1 amide bonds. The van der Waals surface area contributed by atoms with Crippen LogP contribution in [-0.4, -0.2) is 43.4 Å². The molecule has 4 rings (SSSR count). The van der Waals surface area contributed by atoms with Crippen LogP contribution in [0, 0.1) is 0 Å². The molecule has 6 heteroatoms. The highest BCUT2D eigenvalue weighted by atomic mass is 16.2. The van der Waals surface area contributed by atoms with Crippen molar-refractivity contribution in [3.8, 4) is 0 Å². The molecule has 2 aromatic rings. The molecule has 2 aromatic carbocycles. The third kappa shape index (κ3) is 5.85. The number of anilines is 1. The van der Waals surface area contributed by atoms with Crippen LogP contribution < -0.4 is 15.5 Å². The minimum absolute atomic E-state index is 0.222. The van der Waals surface area contributed by atoms with Crippen molar-refractivity contribution in [1.29, 1.82) is 0 Å². The normalized spacial score (nSPS) is 17.4. The molecule has 6 nitrogen and oxygen atoms in total. The average molecular weight is 420 g/mol. The first-order chi connectivity index (χ1) is 15.2. The Morgan fingerprint density at radius 1 is 0.839 bits per heavy atom. The molecule has 0 saturated carbocycles. The van der Waals surface area contributed by atoms with E-state index in [0.717, 1.165) is 43.3 Å². The van der Waals surface area contributed by atoms with Gasteiger partial charge < -0.3 is 15.5 Å². The summed E-state index contributed by atoms with van der Waals surface area (Å²) >= 11 is 0. The van der Waals surface area contributed by atoms with Crippen LogP contribution in [0.4, 0.5) is 5.69 Å². The van der Waals surface area contributed by atoms with E-state index in [9.17, 15) is 4.79 Å². The van der Waals surface area contributed by atoms with Crippen LogP contribution >= 0.6 is 0 Å². The summed E-state index contributed by atoms with van der Waals surface area (Å²) in [6.45, 7) is 5.75. The van der Waals surface area contributed by atoms with Crippen molar-refractivity contribution >= 4 is 17.6 Å². The molecule has 2 heterocycles. The van der Waals surface area contributed by atoms with Gasteiger partial charge in [0.1, 0.15) is 0 Å². The van der Waals surface area contributed by atoms with Crippen molar-refractivity contribution in [3.05, 3.63) is 65.2 Å². The number of carbonyl (C=O) groups is 1. The summed E-state index contributed by atoms with van der Waals surface area (Å²) in [6, 6.07) is 17.1. The van der Waals surface area contributed by atoms with Crippen LogP contribution in [0.25, 0.3) is 0 Å². The lowest BCUT2D eigenvalue weighted by atomic mass is 10.1. The second kappa shape index (κ2) is 10.4. The zero-order valence-electron chi connectivity index (χ0n) is 18.4. The second-order valence-electron chi connectivity index (χ2n) is 8.39. The summed E-state index contributed by atoms with van der Waals surface area (Å²) in [7, 11) is 1.79. The quantitative estimate of drug-likeness (QED) is 0.534. The molecule has 0 spiro atoms. The molecule has 0 radical (unpaired) electrons. The second-order valence-corrected chi connectivity index (χ2v) is 8.39. The third-order valence-electron chi connectivity index (χ3n) is 6.09. The molecule has 2 N–H and O–H groups in total. The number of rotatable bonds is 7. The molecule has 164 valence electrons. The summed E-state index contributed by atoms with van der Waals surface area (Å²) in [5, 5.41) is 6.75. The molecule has 2 saturated heterocycles. The van der Waals surface area contributed by atoms with Gasteiger partial charge in [0.25, 0.3) is 0 Å². The predicted octanol–water partition coefficient (Wildman–Crippen LogP) is 3.27. The maximum atomic E-state index is 11.9. The van der Waals surface area contributed by atoms with E-state index in [1.54, 1.807) is 7.05 Å². The molecule has 2 fully saturated rings. The lowest BCUT2D eigenvalue weighted by Crippen LogP contribution is -2.36. The number of aliphatic imine (C=N–C) groups is 1. The van der Waals surface area contributed by atoms with E-state index in [1.165, 1.54) is 37.1 Å². The zero-order chi connectivity index (χ0) is 21.5. The van der Waals surface area contributed by atoms with E-state index in [1.807, 2.05) is 17.0 Å². The van der Waals surface area contributed by atoms with Gasteiger partial charge in [-0.15, -0.1) is 0 Å². The Labute approximate surface area is 185 Å². The van der Waals surface area contributed by atoms with Crippen LogP contribution in [0.1, 0.15) is 42.4 Å². The lowest BCUT2D eigenvalue weighted by molar-refractivity contribution is -0.117. The van der Waals surface area contributed by atoms with Gasteiger partial charge in [0.15, 0.2) is 5.96 Å². The Bertz CT molecular complexity index is 885. The van der Waals surface area contributed by atoms with Crippen LogP contribution in [0.3, 0.4) is 0 Å². The van der Waals surface area contributed by atoms with E-state index in [2.05, 4.69) is 56.9 Å². The molecular formula is C25H33N5O. The van der Waals surface area contributed by atoms with Gasteiger partial charge in [-0.05, 0) is 61.2 Å². The first kappa shape index (κ1) is 21.4. The van der Waals surface area contributed by atoms with Gasteiger partial charge in [-0.2, -0.15) is 0 Å². The Balaban J connectivity index is 1.23. The molecule has 2 aliphatic heterocycles. The van der Waals surface area contributed by atoms with Gasteiger partial charge in [-0.3, -0.25) is 14.7 Å². The highest BCUT2D eigenvalue weighted by Crippen LogP contribution is 2.21. The summed E-state index contributed by atoms with van der Waals surface area (Å²) in [6.07, 6.45) is 4.27. The van der Waals surface area contributed by atoms with Crippen molar-refractivity contribution in [2.24, 2.45) is 4.99 Å². The van der Waals surface area contributed by atoms with Crippen LogP contribution in [0.15, 0.2) is 53.5 Å². The third-order valence-corrected chi connectivity index (χ3v) is 6.09. The SMILES string of the molecule is CN=C(NCc1ccc(CN2CCCC2)cc1)NCc1ccc(N2CCCC2=O)cc1. The fourth-order valence-electron chi connectivity index (χ4n) is 4.27. The number of amides is 1. The topological polar surface area (TPSA) is 60.0 Å². The first-order valence-electron chi connectivity index (χ1n) is 11.4. The summed E-state index contributed by atoms with van der Waals surface area (Å²) in [5.74, 6) is 1.000. The fraction of sp³-hybridized carbons (Fsp3) is 0.440. The number of hydrogen-bond acceptors (Lipinski definition) is 3. The molecule has 0 atom stereocenters. The highest BCUT2D eigenvalue weighted by Gasteiger charge is 2.21. The molecule has 0 aromatic heterocycles. The van der Waals surface area contributed by atoms with Gasteiger partial charge >= 0.3 is 0 Å². The van der Waals surface area contributed by atoms with E-state index in [-0.39, 0.29) is 5.91 Å². The standard InChI is InChI=1S/C25H33N5O/c1-26-25(27-17-20-6-8-22(9-7-20)19-29-14-2-3-15-29)28-18-21-10-12-23(13-11-21)30-16-4-5-24(30)31/h6-13H,2-5,14-19H2,1H3,(H2,26,27,28). The highest BCUT2D eigenvalue weighted by molar-refractivity contribution is 5.95. The summed E-state index contributed by atoms with van der Waals surface area (Å²) in [5.41, 5.74) is 4.77. The van der Waals surface area contributed by atoms with Crippen molar-refractivity contribution in [1.82, 2.24) is 15.5 Å². The maximum absolute atomic E-state index is 11.9. The van der Waals surface area contributed by atoms with Crippen LogP contribution in [0.2, 0.25) is 0 Å². The van der Waals surface area contributed by atoms with Crippen LogP contribution in [-0.2, 0) is 24.4 Å². The van der Waals surface area contributed by atoms with Gasteiger partial charge in [0.2, 0.25) is 5.91 Å². The van der Waals surface area contributed by atoms with Crippen LogP contribution in [0.5, 0.6) is 0 Å². The monoisotopic (exact) mass is 419 g/mol. The number of guanidine groups is 1. The van der Waals surface area contributed by atoms with Gasteiger partial charge in [0.05, 0.1) is 0 Å². The van der Waals surface area contributed by atoms with Crippen molar-refractivity contribution < 1.29 is 4.79 Å². The van der Waals surface area contributed by atoms with Crippen molar-refractivity contribution in [2.75, 3.05) is 31.6 Å². The largest absolute Gasteiger partial charge is 0.352 e. The van der Waals surface area contributed by atoms with Gasteiger partial charge in [-0.1, -0.05) is 36.4 Å². The molecule has 0 aliphatic carbocycles. The summed E-state index contributed by atoms with van der Waals surface area (Å²) < 4.78 is 0. The zero-order valence-corrected chi connectivity index (χ0v) is 18.4. The molecular weight excluding hydrogens is 386 g/mol. The molecule has 31 heavy (non-hydrogen) atoms. The van der Waals surface area contributed by atoms with Crippen molar-refractivity contribution in [3.63, 3.8) is 0 Å². The number of likely N-dealkylation sites (tertiary alicyclic amines) is 1. The minimum Gasteiger partial charge on any atom is -0.352 e. The first-order valence-corrected chi connectivity index (χ1v) is 11.4. The van der Waals surface area contributed by atoms with E-state index >= 15 is 0 Å². The molecule has 2 aliphatic rings. The Morgan fingerprint density at radius 3 is 1.97 bits per heavy atom. The number of carbonyl (C=O) groups excluding carboxylic acids is 1. The number of nitrogens with one attached hydrogen (secondary N) is 2. The lowest BCUT2D eigenvalue weighted by Gasteiger charge is -2.17. The maximum Gasteiger partial charge on any atom is 0.227 e. The number of nitrogens with zero attached hydrogens (tertiary/aromatic N) is 3. The number of hydrogen-bond donors (Lipinski definition) is 2. The van der Waals surface area contributed by atoms with Gasteiger partial charge in [0, 0.05) is 45.3 Å². The van der Waals surface area contributed by atoms with Crippen molar-refractivity contribution in [2.45, 2.75) is 45.3 Å². The smallest absolute Gasteiger partial charge is 0.227 e. The Kier molecular flexibility index (Phi) is 7.20. The van der Waals surface area contributed by atoms with E-state index in [4.69, 9.17) is 0 Å². The average Bonchev–Trinajstić information content (AvgIpc) is 3.47.